The lowest BCUT2D eigenvalue weighted by atomic mass is 9.98. The van der Waals surface area contributed by atoms with E-state index in [0.717, 1.165) is 28.6 Å². The number of nitrogens with zero attached hydrogens (tertiary/aromatic N) is 1. The number of aromatic carboxylic acids is 1. The molecule has 2 amide bonds. The molecule has 3 aromatic rings. The fraction of sp³-hybridized carbons (Fsp3) is 0.250. The Hall–Kier alpha value is -4.18. The quantitative estimate of drug-likeness (QED) is 0.438. The van der Waals surface area contributed by atoms with Crippen LogP contribution in [-0.4, -0.2) is 54.4 Å². The van der Waals surface area contributed by atoms with Crippen LogP contribution < -0.4 is 10.6 Å². The first kappa shape index (κ1) is 23.0. The molecule has 10 nitrogen and oxygen atoms in total. The molecule has 0 unspecified atom stereocenters. The first-order chi connectivity index (χ1) is 16.5. The number of rotatable bonds is 9. The summed E-state index contributed by atoms with van der Waals surface area (Å²) in [5.41, 5.74) is 4.06. The Morgan fingerprint density at radius 1 is 1.09 bits per heavy atom. The minimum absolute atomic E-state index is 0.0156. The predicted molar refractivity (Wildman–Crippen MR) is 119 cm³/mol. The Kier molecular flexibility index (Phi) is 6.88. The van der Waals surface area contributed by atoms with Crippen molar-refractivity contribution in [3.05, 3.63) is 77.5 Å². The molecule has 0 radical (unpaired) electrons. The van der Waals surface area contributed by atoms with Crippen molar-refractivity contribution in [3.8, 4) is 11.1 Å². The van der Waals surface area contributed by atoms with Crippen molar-refractivity contribution in [2.45, 2.75) is 18.5 Å². The van der Waals surface area contributed by atoms with Gasteiger partial charge in [-0.05, 0) is 22.3 Å². The number of hydrogen-bond donors (Lipinski definition) is 3. The number of fused-ring (bicyclic) bond motifs is 3. The number of carboxylic acids is 1. The predicted octanol–water partition coefficient (Wildman–Crippen LogP) is 2.54. The number of methoxy groups -OCH3 is 1. The van der Waals surface area contributed by atoms with Gasteiger partial charge in [0.15, 0.2) is 17.8 Å². The number of alkyl carbamates (subject to hydrolysis) is 1. The molecule has 0 aliphatic heterocycles. The first-order valence-electron chi connectivity index (χ1n) is 10.5. The Morgan fingerprint density at radius 3 is 2.35 bits per heavy atom. The monoisotopic (exact) mass is 465 g/mol. The number of hydrogen-bond acceptors (Lipinski definition) is 7. The van der Waals surface area contributed by atoms with Crippen molar-refractivity contribution in [2.75, 3.05) is 20.3 Å². The van der Waals surface area contributed by atoms with E-state index >= 15 is 0 Å². The average Bonchev–Trinajstić information content (AvgIpc) is 3.44. The van der Waals surface area contributed by atoms with Gasteiger partial charge in [-0.25, -0.2) is 14.6 Å². The number of amides is 2. The van der Waals surface area contributed by atoms with E-state index < -0.39 is 24.0 Å². The van der Waals surface area contributed by atoms with E-state index in [1.165, 1.54) is 7.11 Å². The number of aromatic nitrogens is 1. The van der Waals surface area contributed by atoms with Gasteiger partial charge in [0.05, 0.1) is 13.2 Å². The van der Waals surface area contributed by atoms with Gasteiger partial charge < -0.3 is 29.6 Å². The lowest BCUT2D eigenvalue weighted by Crippen LogP contribution is -2.49. The third-order valence-corrected chi connectivity index (χ3v) is 5.55. The highest BCUT2D eigenvalue weighted by atomic mass is 16.5. The maximum absolute atomic E-state index is 12.6. The lowest BCUT2D eigenvalue weighted by molar-refractivity contribution is -0.124. The first-order valence-corrected chi connectivity index (χ1v) is 10.5. The van der Waals surface area contributed by atoms with Crippen LogP contribution in [0.5, 0.6) is 0 Å². The molecule has 4 rings (SSSR count). The molecule has 1 atom stereocenters. The second kappa shape index (κ2) is 10.2. The summed E-state index contributed by atoms with van der Waals surface area (Å²) < 4.78 is 15.5. The van der Waals surface area contributed by atoms with Crippen LogP contribution >= 0.6 is 0 Å². The van der Waals surface area contributed by atoms with Crippen LogP contribution in [0.15, 0.2) is 59.3 Å². The van der Waals surface area contributed by atoms with Crippen molar-refractivity contribution < 1.29 is 33.4 Å². The fourth-order valence-electron chi connectivity index (χ4n) is 3.99. The van der Waals surface area contributed by atoms with Crippen LogP contribution in [0.4, 0.5) is 4.79 Å². The van der Waals surface area contributed by atoms with Gasteiger partial charge in [-0.3, -0.25) is 4.79 Å². The highest BCUT2D eigenvalue weighted by Crippen LogP contribution is 2.44. The molecule has 0 saturated heterocycles. The molecule has 0 bridgehead atoms. The van der Waals surface area contributed by atoms with E-state index in [2.05, 4.69) is 15.6 Å². The molecule has 10 heteroatoms. The van der Waals surface area contributed by atoms with Gasteiger partial charge in [0.2, 0.25) is 5.91 Å². The van der Waals surface area contributed by atoms with Crippen molar-refractivity contribution in [2.24, 2.45) is 0 Å². The van der Waals surface area contributed by atoms with Crippen LogP contribution in [0.3, 0.4) is 0 Å². The van der Waals surface area contributed by atoms with Crippen molar-refractivity contribution in [1.29, 1.82) is 0 Å². The van der Waals surface area contributed by atoms with E-state index in [1.54, 1.807) is 0 Å². The van der Waals surface area contributed by atoms with Gasteiger partial charge in [0.1, 0.15) is 12.6 Å². The number of oxazole rings is 1. The third-order valence-electron chi connectivity index (χ3n) is 5.55. The molecule has 1 heterocycles. The van der Waals surface area contributed by atoms with E-state index in [-0.39, 0.29) is 37.1 Å². The zero-order valence-corrected chi connectivity index (χ0v) is 18.3. The zero-order chi connectivity index (χ0) is 24.1. The Bertz CT molecular complexity index is 1160. The number of carbonyl (C=O) groups is 3. The van der Waals surface area contributed by atoms with Crippen LogP contribution in [0.25, 0.3) is 11.1 Å². The minimum atomic E-state index is -1.27. The Balaban J connectivity index is 1.36. The van der Waals surface area contributed by atoms with Crippen LogP contribution in [0, 0.1) is 0 Å². The summed E-state index contributed by atoms with van der Waals surface area (Å²) in [6.07, 6.45) is 0.205. The molecule has 0 spiro atoms. The molecule has 34 heavy (non-hydrogen) atoms. The second-order valence-corrected chi connectivity index (χ2v) is 7.62. The van der Waals surface area contributed by atoms with Gasteiger partial charge in [0.25, 0.3) is 0 Å². The highest BCUT2D eigenvalue weighted by Gasteiger charge is 2.30. The zero-order valence-electron chi connectivity index (χ0n) is 18.3. The second-order valence-electron chi connectivity index (χ2n) is 7.62. The number of ether oxygens (including phenoxy) is 2. The number of nitrogens with one attached hydrogen (secondary N) is 2. The molecule has 1 aromatic heterocycles. The smallest absolute Gasteiger partial charge is 0.407 e. The number of carboxylic acid groups (broad SMARTS) is 1. The van der Waals surface area contributed by atoms with Crippen molar-refractivity contribution in [3.63, 3.8) is 0 Å². The maximum Gasteiger partial charge on any atom is 0.407 e. The molecule has 3 N–H and O–H groups in total. The SMILES string of the molecule is COC[C@H](NC(=O)OCC1c2ccccc2-c2ccccc21)C(=O)NCc1ocnc1C(=O)O. The normalized spacial score (nSPS) is 13.0. The van der Waals surface area contributed by atoms with Gasteiger partial charge >= 0.3 is 12.1 Å². The Labute approximate surface area is 194 Å². The number of benzene rings is 2. The summed E-state index contributed by atoms with van der Waals surface area (Å²) >= 11 is 0. The summed E-state index contributed by atoms with van der Waals surface area (Å²) in [7, 11) is 1.39. The van der Waals surface area contributed by atoms with E-state index in [9.17, 15) is 14.4 Å². The van der Waals surface area contributed by atoms with E-state index in [4.69, 9.17) is 19.0 Å². The molecule has 0 saturated carbocycles. The lowest BCUT2D eigenvalue weighted by Gasteiger charge is -2.19. The van der Waals surface area contributed by atoms with Gasteiger partial charge in [0, 0.05) is 13.0 Å². The van der Waals surface area contributed by atoms with Crippen molar-refractivity contribution >= 4 is 18.0 Å². The average molecular weight is 465 g/mol. The summed E-state index contributed by atoms with van der Waals surface area (Å²) in [5.74, 6) is -2.00. The van der Waals surface area contributed by atoms with Crippen LogP contribution in [-0.2, 0) is 20.8 Å². The summed E-state index contributed by atoms with van der Waals surface area (Å²) in [4.78, 5) is 39.8. The molecular weight excluding hydrogens is 442 g/mol. The third kappa shape index (κ3) is 4.76. The van der Waals surface area contributed by atoms with Crippen LogP contribution in [0.2, 0.25) is 0 Å². The highest BCUT2D eigenvalue weighted by molar-refractivity contribution is 5.88. The summed E-state index contributed by atoms with van der Waals surface area (Å²) in [6.45, 7) is -0.230. The van der Waals surface area contributed by atoms with Crippen molar-refractivity contribution in [1.82, 2.24) is 15.6 Å². The van der Waals surface area contributed by atoms with Gasteiger partial charge in [-0.1, -0.05) is 48.5 Å². The standard InChI is InChI=1S/C24H23N3O7/c1-32-12-19(22(28)25-10-20-21(23(29)30)26-13-34-20)27-24(31)33-11-18-16-8-4-2-6-14(16)15-7-3-5-9-17(15)18/h2-9,13,18-19H,10-12H2,1H3,(H,25,28)(H,27,31)(H,29,30)/t19-/m0/s1. The van der Waals surface area contributed by atoms with Gasteiger partial charge in [-0.15, -0.1) is 0 Å². The topological polar surface area (TPSA) is 140 Å². The Morgan fingerprint density at radius 2 is 1.74 bits per heavy atom. The largest absolute Gasteiger partial charge is 0.476 e. The van der Waals surface area contributed by atoms with E-state index in [1.807, 2.05) is 48.5 Å². The number of carbonyl (C=O) groups excluding carboxylic acids is 2. The fourth-order valence-corrected chi connectivity index (χ4v) is 3.99. The van der Waals surface area contributed by atoms with Crippen LogP contribution in [0.1, 0.15) is 33.3 Å². The summed E-state index contributed by atoms with van der Waals surface area (Å²) in [6, 6.07) is 14.9. The van der Waals surface area contributed by atoms with Gasteiger partial charge in [-0.2, -0.15) is 0 Å². The molecular formula is C24H23N3O7. The molecule has 1 aliphatic rings. The molecule has 2 aromatic carbocycles. The molecule has 176 valence electrons. The minimum Gasteiger partial charge on any atom is -0.476 e. The van der Waals surface area contributed by atoms with E-state index in [0.29, 0.717) is 0 Å². The maximum atomic E-state index is 12.6. The molecule has 0 fully saturated rings. The molecule has 1 aliphatic carbocycles. The summed E-state index contributed by atoms with van der Waals surface area (Å²) in [5, 5.41) is 14.1.